The lowest BCUT2D eigenvalue weighted by atomic mass is 10.1. The number of carbonyl (C=O) groups is 1. The van der Waals surface area contributed by atoms with E-state index in [0.717, 1.165) is 12.1 Å². The van der Waals surface area contributed by atoms with Gasteiger partial charge in [-0.3, -0.25) is 14.7 Å². The van der Waals surface area contributed by atoms with E-state index >= 15 is 0 Å². The maximum Gasteiger partial charge on any atom is 0.238 e. The Hall–Kier alpha value is -1.51. The fourth-order valence-corrected chi connectivity index (χ4v) is 4.41. The van der Waals surface area contributed by atoms with E-state index in [9.17, 15) is 13.2 Å². The Morgan fingerprint density at radius 3 is 2.77 bits per heavy atom. The molecule has 7 nitrogen and oxygen atoms in total. The number of pyridine rings is 1. The van der Waals surface area contributed by atoms with Gasteiger partial charge in [-0.2, -0.15) is 4.31 Å². The highest BCUT2D eigenvalue weighted by atomic mass is 32.2. The van der Waals surface area contributed by atoms with Gasteiger partial charge in [-0.05, 0) is 24.1 Å². The fraction of sp³-hybridized carbons (Fsp3) is 0.571. The van der Waals surface area contributed by atoms with E-state index in [2.05, 4.69) is 15.2 Å². The summed E-state index contributed by atoms with van der Waals surface area (Å²) in [5, 5.41) is 2.80. The Bertz CT molecular complexity index is 635. The average Bonchev–Trinajstić information content (AvgIpc) is 2.54. The van der Waals surface area contributed by atoms with Crippen molar-refractivity contribution in [1.82, 2.24) is 19.5 Å². The number of hydrogen-bond acceptors (Lipinski definition) is 5. The molecular formula is C14H20N4O3S. The zero-order valence-electron chi connectivity index (χ0n) is 12.3. The van der Waals surface area contributed by atoms with Crippen LogP contribution in [0.4, 0.5) is 0 Å². The molecule has 1 aromatic heterocycles. The van der Waals surface area contributed by atoms with E-state index in [1.54, 1.807) is 12.4 Å². The van der Waals surface area contributed by atoms with Crippen LogP contribution < -0.4 is 5.32 Å². The average molecular weight is 324 g/mol. The molecule has 0 bridgehead atoms. The minimum Gasteiger partial charge on any atom is -0.353 e. The first-order valence-electron chi connectivity index (χ1n) is 7.45. The molecule has 8 heteroatoms. The molecular weight excluding hydrogens is 304 g/mol. The van der Waals surface area contributed by atoms with E-state index in [1.807, 2.05) is 12.1 Å². The lowest BCUT2D eigenvalue weighted by molar-refractivity contribution is -0.130. The Labute approximate surface area is 130 Å². The van der Waals surface area contributed by atoms with Crippen molar-refractivity contribution in [2.45, 2.75) is 12.5 Å². The van der Waals surface area contributed by atoms with Crippen LogP contribution in [-0.4, -0.2) is 73.0 Å². The van der Waals surface area contributed by atoms with E-state index in [0.29, 0.717) is 26.1 Å². The van der Waals surface area contributed by atoms with Gasteiger partial charge in [0, 0.05) is 45.1 Å². The topological polar surface area (TPSA) is 82.6 Å². The highest BCUT2D eigenvalue weighted by molar-refractivity contribution is 7.89. The number of sulfonamides is 1. The van der Waals surface area contributed by atoms with Gasteiger partial charge in [-0.15, -0.1) is 0 Å². The van der Waals surface area contributed by atoms with Crippen molar-refractivity contribution < 1.29 is 13.2 Å². The van der Waals surface area contributed by atoms with Gasteiger partial charge in [-0.25, -0.2) is 8.42 Å². The number of fused-ring (bicyclic) bond motifs is 1. The molecule has 120 valence electrons. The number of nitrogens with zero attached hydrogens (tertiary/aromatic N) is 3. The zero-order chi connectivity index (χ0) is 15.6. The minimum atomic E-state index is -3.35. The third-order valence-corrected chi connectivity index (χ3v) is 6.08. The molecule has 3 rings (SSSR count). The summed E-state index contributed by atoms with van der Waals surface area (Å²) < 4.78 is 26.5. The second-order valence-electron chi connectivity index (χ2n) is 5.62. The van der Waals surface area contributed by atoms with Gasteiger partial charge >= 0.3 is 0 Å². The normalized spacial score (nSPS) is 23.8. The molecule has 22 heavy (non-hydrogen) atoms. The largest absolute Gasteiger partial charge is 0.353 e. The van der Waals surface area contributed by atoms with Crippen molar-refractivity contribution in [2.24, 2.45) is 0 Å². The number of aryl methyl sites for hydroxylation is 1. The van der Waals surface area contributed by atoms with Gasteiger partial charge in [0.2, 0.25) is 15.9 Å². The third kappa shape index (κ3) is 3.29. The second-order valence-corrected chi connectivity index (χ2v) is 7.71. The molecule has 0 radical (unpaired) electrons. The Morgan fingerprint density at radius 1 is 1.23 bits per heavy atom. The smallest absolute Gasteiger partial charge is 0.238 e. The Kier molecular flexibility index (Phi) is 4.42. The summed E-state index contributed by atoms with van der Waals surface area (Å²) in [6.45, 7) is 2.77. The summed E-state index contributed by atoms with van der Waals surface area (Å²) in [5.41, 5.74) is 0.952. The Balaban J connectivity index is 1.64. The minimum absolute atomic E-state index is 0.0609. The van der Waals surface area contributed by atoms with Crippen molar-refractivity contribution >= 4 is 15.9 Å². The zero-order valence-corrected chi connectivity index (χ0v) is 13.1. The van der Waals surface area contributed by atoms with Crippen LogP contribution in [0.3, 0.4) is 0 Å². The van der Waals surface area contributed by atoms with Crippen molar-refractivity contribution in [2.75, 3.05) is 38.5 Å². The van der Waals surface area contributed by atoms with Gasteiger partial charge < -0.3 is 5.32 Å². The quantitative estimate of drug-likeness (QED) is 0.774. The molecule has 2 aliphatic heterocycles. The summed E-state index contributed by atoms with van der Waals surface area (Å²) in [5.74, 6) is -0.00832. The van der Waals surface area contributed by atoms with Gasteiger partial charge in [0.1, 0.15) is 6.04 Å². The second kappa shape index (κ2) is 6.31. The molecule has 0 aromatic carbocycles. The molecule has 1 unspecified atom stereocenters. The van der Waals surface area contributed by atoms with Crippen LogP contribution in [0.1, 0.15) is 5.56 Å². The van der Waals surface area contributed by atoms with Gasteiger partial charge in [-0.1, -0.05) is 0 Å². The fourth-order valence-electron chi connectivity index (χ4n) is 2.93. The van der Waals surface area contributed by atoms with E-state index < -0.39 is 10.0 Å². The molecule has 1 aromatic rings. The van der Waals surface area contributed by atoms with Crippen LogP contribution in [0, 0.1) is 0 Å². The standard InChI is InChI=1S/C14H20N4O3S/c19-14-13-11-18(9-8-17(13)7-6-16-14)22(20,21)10-3-12-1-4-15-5-2-12/h1-2,4-5,13H,3,6-11H2,(H,16,19). The number of piperazine rings is 2. The first kappa shape index (κ1) is 15.4. The van der Waals surface area contributed by atoms with Crippen LogP contribution in [0.2, 0.25) is 0 Å². The van der Waals surface area contributed by atoms with Crippen LogP contribution >= 0.6 is 0 Å². The first-order chi connectivity index (χ1) is 10.6. The van der Waals surface area contributed by atoms with Crippen LogP contribution in [0.15, 0.2) is 24.5 Å². The molecule has 2 fully saturated rings. The number of nitrogens with one attached hydrogen (secondary N) is 1. The highest BCUT2D eigenvalue weighted by Crippen LogP contribution is 2.16. The molecule has 3 heterocycles. The van der Waals surface area contributed by atoms with Crippen molar-refractivity contribution in [3.05, 3.63) is 30.1 Å². The summed E-state index contributed by atoms with van der Waals surface area (Å²) in [4.78, 5) is 17.9. The maximum absolute atomic E-state index is 12.5. The highest BCUT2D eigenvalue weighted by Gasteiger charge is 2.38. The predicted molar refractivity (Wildman–Crippen MR) is 81.7 cm³/mol. The third-order valence-electron chi connectivity index (χ3n) is 4.25. The lowest BCUT2D eigenvalue weighted by Gasteiger charge is -2.42. The maximum atomic E-state index is 12.5. The lowest BCUT2D eigenvalue weighted by Crippen LogP contribution is -2.64. The van der Waals surface area contributed by atoms with Gasteiger partial charge in [0.15, 0.2) is 0 Å². The number of hydrogen-bond donors (Lipinski definition) is 1. The molecule has 2 aliphatic rings. The van der Waals surface area contributed by atoms with Gasteiger partial charge in [0.05, 0.1) is 5.75 Å². The summed E-state index contributed by atoms with van der Waals surface area (Å²) in [6.07, 6.45) is 3.78. The van der Waals surface area contributed by atoms with Crippen LogP contribution in [-0.2, 0) is 21.2 Å². The predicted octanol–water partition coefficient (Wildman–Crippen LogP) is -0.930. The summed E-state index contributed by atoms with van der Waals surface area (Å²) in [7, 11) is -3.35. The SMILES string of the molecule is O=C1NCCN2CCN(S(=O)(=O)CCc3ccncc3)CC12. The van der Waals surface area contributed by atoms with Crippen LogP contribution in [0.5, 0.6) is 0 Å². The first-order valence-corrected chi connectivity index (χ1v) is 9.06. The summed E-state index contributed by atoms with van der Waals surface area (Å²) >= 11 is 0. The summed E-state index contributed by atoms with van der Waals surface area (Å²) in [6, 6.07) is 3.29. The van der Waals surface area contributed by atoms with Crippen molar-refractivity contribution in [1.29, 1.82) is 0 Å². The molecule has 1 amide bonds. The van der Waals surface area contributed by atoms with E-state index in [4.69, 9.17) is 0 Å². The molecule has 1 atom stereocenters. The van der Waals surface area contributed by atoms with Crippen molar-refractivity contribution in [3.8, 4) is 0 Å². The van der Waals surface area contributed by atoms with E-state index in [1.165, 1.54) is 4.31 Å². The number of rotatable bonds is 4. The number of amides is 1. The molecule has 0 saturated carbocycles. The molecule has 0 spiro atoms. The number of carbonyl (C=O) groups excluding carboxylic acids is 1. The molecule has 1 N–H and O–H groups in total. The Morgan fingerprint density at radius 2 is 2.00 bits per heavy atom. The monoisotopic (exact) mass is 324 g/mol. The van der Waals surface area contributed by atoms with E-state index in [-0.39, 0.29) is 24.2 Å². The molecule has 0 aliphatic carbocycles. The molecule has 2 saturated heterocycles. The van der Waals surface area contributed by atoms with Gasteiger partial charge in [0.25, 0.3) is 0 Å². The van der Waals surface area contributed by atoms with Crippen molar-refractivity contribution in [3.63, 3.8) is 0 Å². The van der Waals surface area contributed by atoms with Crippen LogP contribution in [0.25, 0.3) is 0 Å². The number of aromatic nitrogens is 1.